The van der Waals surface area contributed by atoms with Crippen molar-refractivity contribution in [2.45, 2.75) is 51.5 Å². The van der Waals surface area contributed by atoms with E-state index in [-0.39, 0.29) is 5.91 Å². The van der Waals surface area contributed by atoms with Gasteiger partial charge in [0.25, 0.3) is 0 Å². The maximum Gasteiger partial charge on any atom is 0.224 e. The Balaban J connectivity index is 1.60. The minimum atomic E-state index is 0.270. The van der Waals surface area contributed by atoms with E-state index in [0.717, 1.165) is 25.6 Å². The lowest BCUT2D eigenvalue weighted by Crippen LogP contribution is -2.42. The molecule has 1 aliphatic heterocycles. The van der Waals surface area contributed by atoms with E-state index in [0.29, 0.717) is 25.7 Å². The van der Waals surface area contributed by atoms with E-state index in [9.17, 15) is 4.79 Å². The molecule has 1 unspecified atom stereocenters. The molecule has 0 aromatic rings. The molecule has 110 valence electrons. The number of carbonyl (C=O) groups excluding carboxylic acids is 1. The van der Waals surface area contributed by atoms with Crippen molar-refractivity contribution in [3.8, 4) is 0 Å². The van der Waals surface area contributed by atoms with Gasteiger partial charge in [0.1, 0.15) is 0 Å². The van der Waals surface area contributed by atoms with Gasteiger partial charge in [-0.25, -0.2) is 0 Å². The summed E-state index contributed by atoms with van der Waals surface area (Å²) < 4.78 is 5.26. The summed E-state index contributed by atoms with van der Waals surface area (Å²) in [6.45, 7) is 5.99. The average Bonchev–Trinajstić information content (AvgIpc) is 2.49. The van der Waals surface area contributed by atoms with Crippen molar-refractivity contribution in [1.29, 1.82) is 0 Å². The molecule has 1 aliphatic carbocycles. The van der Waals surface area contributed by atoms with E-state index in [1.54, 1.807) is 0 Å². The van der Waals surface area contributed by atoms with Crippen molar-refractivity contribution in [3.05, 3.63) is 0 Å². The van der Waals surface area contributed by atoms with Crippen LogP contribution in [0.1, 0.15) is 45.4 Å². The highest BCUT2D eigenvalue weighted by atomic mass is 16.5. The highest BCUT2D eigenvalue weighted by Gasteiger charge is 2.20. The van der Waals surface area contributed by atoms with Crippen molar-refractivity contribution in [2.75, 3.05) is 32.8 Å². The number of nitrogens with one attached hydrogen (secondary N) is 1. The summed E-state index contributed by atoms with van der Waals surface area (Å²) in [5.41, 5.74) is 0. The topological polar surface area (TPSA) is 41.6 Å². The molecular weight excluding hydrogens is 240 g/mol. The molecule has 0 spiro atoms. The Morgan fingerprint density at radius 1 is 1.26 bits per heavy atom. The van der Waals surface area contributed by atoms with Crippen molar-refractivity contribution >= 4 is 5.91 Å². The standard InChI is InChI=1S/C15H28N2O2/c1-13(14-5-3-2-4-6-14)16-8-7-15(18)17-9-11-19-12-10-17/h13-14,16H,2-12H2,1H3. The second kappa shape index (κ2) is 7.85. The van der Waals surface area contributed by atoms with Crippen LogP contribution in [0.5, 0.6) is 0 Å². The van der Waals surface area contributed by atoms with E-state index in [1.807, 2.05) is 4.90 Å². The van der Waals surface area contributed by atoms with E-state index < -0.39 is 0 Å². The summed E-state index contributed by atoms with van der Waals surface area (Å²) in [5.74, 6) is 1.08. The zero-order valence-corrected chi connectivity index (χ0v) is 12.2. The lowest BCUT2D eigenvalue weighted by molar-refractivity contribution is -0.135. The van der Waals surface area contributed by atoms with Gasteiger partial charge < -0.3 is 15.0 Å². The monoisotopic (exact) mass is 268 g/mol. The normalized spacial score (nSPS) is 23.3. The Morgan fingerprint density at radius 3 is 2.63 bits per heavy atom. The minimum Gasteiger partial charge on any atom is -0.378 e. The Morgan fingerprint density at radius 2 is 1.95 bits per heavy atom. The van der Waals surface area contributed by atoms with Gasteiger partial charge in [-0.05, 0) is 25.7 Å². The molecule has 19 heavy (non-hydrogen) atoms. The third-order valence-electron chi connectivity index (χ3n) is 4.53. The summed E-state index contributed by atoms with van der Waals surface area (Å²) in [7, 11) is 0. The maximum atomic E-state index is 12.0. The van der Waals surface area contributed by atoms with Crippen LogP contribution in [0.4, 0.5) is 0 Å². The largest absolute Gasteiger partial charge is 0.378 e. The number of rotatable bonds is 5. The van der Waals surface area contributed by atoms with Crippen molar-refractivity contribution in [2.24, 2.45) is 5.92 Å². The Bertz CT molecular complexity index is 271. The van der Waals surface area contributed by atoms with Gasteiger partial charge in [-0.3, -0.25) is 4.79 Å². The lowest BCUT2D eigenvalue weighted by atomic mass is 9.84. The van der Waals surface area contributed by atoms with Gasteiger partial charge >= 0.3 is 0 Å². The fourth-order valence-electron chi connectivity index (χ4n) is 3.18. The first-order valence-corrected chi connectivity index (χ1v) is 7.86. The molecule has 0 bridgehead atoms. The van der Waals surface area contributed by atoms with Crippen LogP contribution in [0.2, 0.25) is 0 Å². The van der Waals surface area contributed by atoms with Gasteiger partial charge in [-0.2, -0.15) is 0 Å². The van der Waals surface area contributed by atoms with Crippen molar-refractivity contribution in [3.63, 3.8) is 0 Å². The van der Waals surface area contributed by atoms with E-state index in [2.05, 4.69) is 12.2 Å². The molecule has 1 saturated carbocycles. The quantitative estimate of drug-likeness (QED) is 0.826. The Labute approximate surface area is 116 Å². The van der Waals surface area contributed by atoms with Gasteiger partial charge in [-0.15, -0.1) is 0 Å². The van der Waals surface area contributed by atoms with Gasteiger partial charge in [0.05, 0.1) is 13.2 Å². The second-order valence-electron chi connectivity index (χ2n) is 5.88. The van der Waals surface area contributed by atoms with Gasteiger partial charge in [0, 0.05) is 32.1 Å². The van der Waals surface area contributed by atoms with Crippen LogP contribution in [0.25, 0.3) is 0 Å². The summed E-state index contributed by atoms with van der Waals surface area (Å²) in [5, 5.41) is 3.54. The minimum absolute atomic E-state index is 0.270. The zero-order valence-electron chi connectivity index (χ0n) is 12.2. The van der Waals surface area contributed by atoms with Crippen LogP contribution in [-0.2, 0) is 9.53 Å². The number of amides is 1. The smallest absolute Gasteiger partial charge is 0.224 e. The predicted octanol–water partition coefficient (Wildman–Crippen LogP) is 1.79. The van der Waals surface area contributed by atoms with Gasteiger partial charge in [0.2, 0.25) is 5.91 Å². The molecule has 2 rings (SSSR count). The van der Waals surface area contributed by atoms with Gasteiger partial charge in [-0.1, -0.05) is 19.3 Å². The summed E-state index contributed by atoms with van der Waals surface area (Å²) in [6.07, 6.45) is 7.49. The van der Waals surface area contributed by atoms with Crippen LogP contribution in [-0.4, -0.2) is 49.7 Å². The van der Waals surface area contributed by atoms with Crippen LogP contribution >= 0.6 is 0 Å². The molecule has 1 atom stereocenters. The molecular formula is C15H28N2O2. The van der Waals surface area contributed by atoms with Crippen LogP contribution in [0, 0.1) is 5.92 Å². The number of nitrogens with zero attached hydrogens (tertiary/aromatic N) is 1. The Hall–Kier alpha value is -0.610. The molecule has 4 heteroatoms. The summed E-state index contributed by atoms with van der Waals surface area (Å²) in [6, 6.07) is 0.554. The number of morpholine rings is 1. The molecule has 4 nitrogen and oxygen atoms in total. The second-order valence-corrected chi connectivity index (χ2v) is 5.88. The summed E-state index contributed by atoms with van der Waals surface area (Å²) >= 11 is 0. The van der Waals surface area contributed by atoms with Crippen molar-refractivity contribution in [1.82, 2.24) is 10.2 Å². The van der Waals surface area contributed by atoms with Crippen molar-refractivity contribution < 1.29 is 9.53 Å². The first-order valence-electron chi connectivity index (χ1n) is 7.86. The van der Waals surface area contributed by atoms with Gasteiger partial charge in [0.15, 0.2) is 0 Å². The first kappa shape index (κ1) is 14.8. The van der Waals surface area contributed by atoms with E-state index >= 15 is 0 Å². The third kappa shape index (κ3) is 4.77. The molecule has 1 amide bonds. The number of hydrogen-bond acceptors (Lipinski definition) is 3. The molecule has 1 saturated heterocycles. The molecule has 0 radical (unpaired) electrons. The molecule has 1 N–H and O–H groups in total. The van der Waals surface area contributed by atoms with Crippen LogP contribution in [0.15, 0.2) is 0 Å². The molecule has 2 fully saturated rings. The number of ether oxygens (including phenoxy) is 1. The fraction of sp³-hybridized carbons (Fsp3) is 0.933. The maximum absolute atomic E-state index is 12.0. The highest BCUT2D eigenvalue weighted by Crippen LogP contribution is 2.26. The van der Waals surface area contributed by atoms with Crippen LogP contribution < -0.4 is 5.32 Å². The third-order valence-corrected chi connectivity index (χ3v) is 4.53. The SMILES string of the molecule is CC(NCCC(=O)N1CCOCC1)C1CCCCC1. The van der Waals surface area contributed by atoms with E-state index in [4.69, 9.17) is 4.74 Å². The highest BCUT2D eigenvalue weighted by molar-refractivity contribution is 5.76. The number of hydrogen-bond donors (Lipinski definition) is 1. The lowest BCUT2D eigenvalue weighted by Gasteiger charge is -2.29. The predicted molar refractivity (Wildman–Crippen MR) is 76.1 cm³/mol. The first-order chi connectivity index (χ1) is 9.27. The molecule has 0 aromatic carbocycles. The Kier molecular flexibility index (Phi) is 6.11. The van der Waals surface area contributed by atoms with E-state index in [1.165, 1.54) is 32.1 Å². The number of carbonyl (C=O) groups is 1. The molecule has 2 aliphatic rings. The average molecular weight is 268 g/mol. The zero-order chi connectivity index (χ0) is 13.5. The molecule has 0 aromatic heterocycles. The van der Waals surface area contributed by atoms with Crippen LogP contribution in [0.3, 0.4) is 0 Å². The molecule has 1 heterocycles. The summed E-state index contributed by atoms with van der Waals surface area (Å²) in [4.78, 5) is 13.9. The fourth-order valence-corrected chi connectivity index (χ4v) is 3.18.